The lowest BCUT2D eigenvalue weighted by Gasteiger charge is -2.36. The topological polar surface area (TPSA) is 71.5 Å². The molecule has 0 saturated carbocycles. The molecular weight excluding hydrogens is 470 g/mol. The SMILES string of the molecule is Cc1ccc(C)c(NC(=O)C(C)N2C(=O)C(C)Oc3ccc(-c4csc(-c5ccccc5)n4)cc32)c1. The Morgan fingerprint density at radius 3 is 2.61 bits per heavy atom. The molecule has 2 heterocycles. The third kappa shape index (κ3) is 4.50. The summed E-state index contributed by atoms with van der Waals surface area (Å²) in [6.07, 6.45) is -0.691. The van der Waals surface area contributed by atoms with Gasteiger partial charge in [0.05, 0.1) is 11.4 Å². The fraction of sp³-hybridized carbons (Fsp3) is 0.207. The summed E-state index contributed by atoms with van der Waals surface area (Å²) in [5.74, 6) is 0.0461. The van der Waals surface area contributed by atoms with E-state index in [1.807, 2.05) is 86.0 Å². The van der Waals surface area contributed by atoms with E-state index in [0.717, 1.165) is 38.6 Å². The summed E-state index contributed by atoms with van der Waals surface area (Å²) < 4.78 is 5.88. The summed E-state index contributed by atoms with van der Waals surface area (Å²) in [6, 6.07) is 20.8. The molecule has 5 rings (SSSR count). The highest BCUT2D eigenvalue weighted by molar-refractivity contribution is 7.13. The van der Waals surface area contributed by atoms with E-state index in [2.05, 4.69) is 5.32 Å². The fourth-order valence-electron chi connectivity index (χ4n) is 4.26. The van der Waals surface area contributed by atoms with Gasteiger partial charge in [-0.25, -0.2) is 4.98 Å². The van der Waals surface area contributed by atoms with Gasteiger partial charge in [-0.2, -0.15) is 0 Å². The van der Waals surface area contributed by atoms with Crippen LogP contribution < -0.4 is 15.0 Å². The maximum atomic E-state index is 13.3. The Balaban J connectivity index is 1.47. The summed E-state index contributed by atoms with van der Waals surface area (Å²) in [7, 11) is 0. The van der Waals surface area contributed by atoms with Crippen LogP contribution >= 0.6 is 11.3 Å². The molecule has 1 aliphatic rings. The minimum Gasteiger partial charge on any atom is -0.479 e. The number of nitrogens with one attached hydrogen (secondary N) is 1. The van der Waals surface area contributed by atoms with E-state index >= 15 is 0 Å². The van der Waals surface area contributed by atoms with Gasteiger partial charge in [-0.15, -0.1) is 11.3 Å². The molecule has 6 nitrogen and oxygen atoms in total. The van der Waals surface area contributed by atoms with Gasteiger partial charge in [0.15, 0.2) is 6.10 Å². The molecule has 1 N–H and O–H groups in total. The van der Waals surface area contributed by atoms with Crippen molar-refractivity contribution in [2.75, 3.05) is 10.2 Å². The first-order valence-electron chi connectivity index (χ1n) is 11.8. The highest BCUT2D eigenvalue weighted by Gasteiger charge is 2.37. The van der Waals surface area contributed by atoms with Crippen LogP contribution in [0.15, 0.2) is 72.1 Å². The molecule has 2 unspecified atom stereocenters. The fourth-order valence-corrected chi connectivity index (χ4v) is 5.10. The van der Waals surface area contributed by atoms with Crippen LogP contribution in [-0.2, 0) is 9.59 Å². The van der Waals surface area contributed by atoms with Gasteiger partial charge in [-0.05, 0) is 63.1 Å². The molecule has 182 valence electrons. The molecule has 1 aliphatic heterocycles. The lowest BCUT2D eigenvalue weighted by molar-refractivity contribution is -0.128. The second kappa shape index (κ2) is 9.59. The Kier molecular flexibility index (Phi) is 6.33. The number of carbonyl (C=O) groups is 2. The Morgan fingerprint density at radius 1 is 1.06 bits per heavy atom. The van der Waals surface area contributed by atoms with Crippen molar-refractivity contribution in [2.45, 2.75) is 39.8 Å². The molecule has 2 amide bonds. The third-order valence-corrected chi connectivity index (χ3v) is 7.24. The van der Waals surface area contributed by atoms with Gasteiger partial charge in [0.25, 0.3) is 5.91 Å². The first kappa shape index (κ1) is 23.8. The van der Waals surface area contributed by atoms with E-state index in [4.69, 9.17) is 9.72 Å². The van der Waals surface area contributed by atoms with E-state index in [1.165, 1.54) is 4.90 Å². The monoisotopic (exact) mass is 497 g/mol. The van der Waals surface area contributed by atoms with Gasteiger partial charge >= 0.3 is 0 Å². The molecule has 3 aromatic carbocycles. The maximum Gasteiger partial charge on any atom is 0.268 e. The molecule has 1 aromatic heterocycles. The first-order valence-corrected chi connectivity index (χ1v) is 12.7. The number of carbonyl (C=O) groups excluding carboxylic acids is 2. The molecule has 0 saturated heterocycles. The van der Waals surface area contributed by atoms with E-state index < -0.39 is 12.1 Å². The van der Waals surface area contributed by atoms with E-state index in [1.54, 1.807) is 25.2 Å². The Bertz CT molecular complexity index is 1450. The smallest absolute Gasteiger partial charge is 0.268 e. The summed E-state index contributed by atoms with van der Waals surface area (Å²) in [6.45, 7) is 7.36. The molecule has 7 heteroatoms. The lowest BCUT2D eigenvalue weighted by atomic mass is 10.1. The number of hydrogen-bond acceptors (Lipinski definition) is 5. The van der Waals surface area contributed by atoms with Crippen LogP contribution in [0.2, 0.25) is 0 Å². The van der Waals surface area contributed by atoms with Crippen LogP contribution in [0.5, 0.6) is 5.75 Å². The number of fused-ring (bicyclic) bond motifs is 1. The number of benzene rings is 3. The number of hydrogen-bond donors (Lipinski definition) is 1. The maximum absolute atomic E-state index is 13.3. The van der Waals surface area contributed by atoms with Crippen molar-refractivity contribution in [3.63, 3.8) is 0 Å². The van der Waals surface area contributed by atoms with Crippen molar-refractivity contribution < 1.29 is 14.3 Å². The predicted molar refractivity (Wildman–Crippen MR) is 145 cm³/mol. The Labute approximate surface area is 214 Å². The number of rotatable bonds is 5. The predicted octanol–water partition coefficient (Wildman–Crippen LogP) is 6.24. The largest absolute Gasteiger partial charge is 0.479 e. The average Bonchev–Trinajstić information content (AvgIpc) is 3.37. The molecular formula is C29H27N3O3S. The second-order valence-electron chi connectivity index (χ2n) is 9.04. The average molecular weight is 498 g/mol. The molecule has 0 bridgehead atoms. The summed E-state index contributed by atoms with van der Waals surface area (Å²) in [4.78, 5) is 32.9. The van der Waals surface area contributed by atoms with Gasteiger partial charge in [0.1, 0.15) is 16.8 Å². The van der Waals surface area contributed by atoms with Crippen LogP contribution in [0.4, 0.5) is 11.4 Å². The van der Waals surface area contributed by atoms with Crippen molar-refractivity contribution in [1.82, 2.24) is 4.98 Å². The zero-order valence-electron chi connectivity index (χ0n) is 20.6. The molecule has 36 heavy (non-hydrogen) atoms. The van der Waals surface area contributed by atoms with Crippen LogP contribution in [0.3, 0.4) is 0 Å². The molecule has 0 radical (unpaired) electrons. The van der Waals surface area contributed by atoms with Crippen LogP contribution in [0.1, 0.15) is 25.0 Å². The van der Waals surface area contributed by atoms with Crippen LogP contribution in [-0.4, -0.2) is 28.9 Å². The van der Waals surface area contributed by atoms with E-state index in [9.17, 15) is 9.59 Å². The van der Waals surface area contributed by atoms with Crippen LogP contribution in [0.25, 0.3) is 21.8 Å². The molecule has 2 atom stereocenters. The highest BCUT2D eigenvalue weighted by atomic mass is 32.1. The van der Waals surface area contributed by atoms with E-state index in [0.29, 0.717) is 11.4 Å². The highest BCUT2D eigenvalue weighted by Crippen LogP contribution is 2.39. The normalized spacial score (nSPS) is 15.7. The number of aryl methyl sites for hydroxylation is 2. The lowest BCUT2D eigenvalue weighted by Crippen LogP contribution is -2.52. The third-order valence-electron chi connectivity index (χ3n) is 6.35. The summed E-state index contributed by atoms with van der Waals surface area (Å²) >= 11 is 1.56. The molecule has 0 fully saturated rings. The minimum atomic E-state index is -0.743. The minimum absolute atomic E-state index is 0.258. The molecule has 0 spiro atoms. The molecule has 4 aromatic rings. The van der Waals surface area contributed by atoms with Crippen molar-refractivity contribution in [1.29, 1.82) is 0 Å². The summed E-state index contributed by atoms with van der Waals surface area (Å²) in [5.41, 5.74) is 6.03. The quantitative estimate of drug-likeness (QED) is 0.355. The Morgan fingerprint density at radius 2 is 1.83 bits per heavy atom. The molecule has 0 aliphatic carbocycles. The number of thiazole rings is 1. The zero-order chi connectivity index (χ0) is 25.4. The Hall–Kier alpha value is -3.97. The number of aromatic nitrogens is 1. The van der Waals surface area contributed by atoms with Crippen molar-refractivity contribution >= 4 is 34.5 Å². The second-order valence-corrected chi connectivity index (χ2v) is 9.90. The van der Waals surface area contributed by atoms with Gasteiger partial charge in [-0.3, -0.25) is 14.5 Å². The van der Waals surface area contributed by atoms with E-state index in [-0.39, 0.29) is 11.8 Å². The standard InChI is InChI=1S/C29H27N3O3S/c1-17-10-11-18(2)23(14-17)30-27(33)19(3)32-25-15-22(12-13-26(25)35-20(4)29(32)34)24-16-36-28(31-24)21-8-6-5-7-9-21/h5-16,19-20H,1-4H3,(H,30,33). The first-order chi connectivity index (χ1) is 17.3. The van der Waals surface area contributed by atoms with Gasteiger partial charge in [0, 0.05) is 22.2 Å². The van der Waals surface area contributed by atoms with Gasteiger partial charge in [-0.1, -0.05) is 42.5 Å². The number of anilines is 2. The zero-order valence-corrected chi connectivity index (χ0v) is 21.4. The number of ether oxygens (including phenoxy) is 1. The van der Waals surface area contributed by atoms with Gasteiger partial charge in [0.2, 0.25) is 5.91 Å². The van der Waals surface area contributed by atoms with Gasteiger partial charge < -0.3 is 10.1 Å². The van der Waals surface area contributed by atoms with Crippen molar-refractivity contribution in [2.24, 2.45) is 0 Å². The van der Waals surface area contributed by atoms with Crippen LogP contribution in [0, 0.1) is 13.8 Å². The number of amides is 2. The summed E-state index contributed by atoms with van der Waals surface area (Å²) in [5, 5.41) is 5.92. The number of nitrogens with zero attached hydrogens (tertiary/aromatic N) is 2. The van der Waals surface area contributed by atoms with Crippen molar-refractivity contribution in [3.05, 3.63) is 83.2 Å². The van der Waals surface area contributed by atoms with Crippen molar-refractivity contribution in [3.8, 4) is 27.6 Å².